The van der Waals surface area contributed by atoms with Gasteiger partial charge < -0.3 is 13.7 Å². The number of nitriles is 1. The Bertz CT molecular complexity index is 3360. The van der Waals surface area contributed by atoms with Crippen LogP contribution in [0.1, 0.15) is 22.3 Å². The summed E-state index contributed by atoms with van der Waals surface area (Å²) in [7, 11) is 0. The molecule has 264 valence electrons. The van der Waals surface area contributed by atoms with Gasteiger partial charge in [0.2, 0.25) is 0 Å². The summed E-state index contributed by atoms with van der Waals surface area (Å²) in [5.41, 5.74) is 16.9. The van der Waals surface area contributed by atoms with Gasteiger partial charge in [-0.3, -0.25) is 0 Å². The van der Waals surface area contributed by atoms with Crippen LogP contribution in [-0.2, 0) is 0 Å². The zero-order valence-corrected chi connectivity index (χ0v) is 31.4. The van der Waals surface area contributed by atoms with Gasteiger partial charge in [-0.15, -0.1) is 0 Å². The average Bonchev–Trinajstić information content (AvgIpc) is 3.88. The van der Waals surface area contributed by atoms with Crippen molar-refractivity contribution >= 4 is 65.4 Å². The third kappa shape index (κ3) is 4.58. The maximum Gasteiger partial charge on any atom is 0.0991 e. The number of nitrogens with zero attached hydrogens (tertiary/aromatic N) is 4. The van der Waals surface area contributed by atoms with Crippen molar-refractivity contribution in [3.05, 3.63) is 186 Å². The summed E-state index contributed by atoms with van der Waals surface area (Å²) in [6.07, 6.45) is 0. The van der Waals surface area contributed by atoms with E-state index >= 15 is 0 Å². The Morgan fingerprint density at radius 1 is 0.375 bits per heavy atom. The van der Waals surface area contributed by atoms with Gasteiger partial charge in [0.15, 0.2) is 0 Å². The lowest BCUT2D eigenvalue weighted by atomic mass is 9.99. The molecule has 0 spiro atoms. The molecule has 0 saturated heterocycles. The van der Waals surface area contributed by atoms with E-state index < -0.39 is 0 Å². The Morgan fingerprint density at radius 3 is 1.18 bits per heavy atom. The van der Waals surface area contributed by atoms with E-state index in [9.17, 15) is 5.26 Å². The fourth-order valence-corrected chi connectivity index (χ4v) is 9.00. The lowest BCUT2D eigenvalue weighted by molar-refractivity contribution is 1.17. The molecule has 3 heterocycles. The van der Waals surface area contributed by atoms with Crippen LogP contribution in [0, 0.1) is 32.1 Å². The van der Waals surface area contributed by atoms with Gasteiger partial charge in [0.1, 0.15) is 0 Å². The second-order valence-corrected chi connectivity index (χ2v) is 15.1. The molecule has 0 atom stereocenters. The third-order valence-electron chi connectivity index (χ3n) is 11.7. The molecule has 0 fully saturated rings. The summed E-state index contributed by atoms with van der Waals surface area (Å²) < 4.78 is 7.49. The maximum absolute atomic E-state index is 9.57. The van der Waals surface area contributed by atoms with E-state index in [0.29, 0.717) is 5.56 Å². The van der Waals surface area contributed by atoms with Crippen molar-refractivity contribution in [2.45, 2.75) is 20.8 Å². The highest BCUT2D eigenvalue weighted by atomic mass is 15.0. The number of fused-ring (bicyclic) bond motifs is 12. The minimum absolute atomic E-state index is 0.655. The average molecular weight is 717 g/mol. The first-order valence-electron chi connectivity index (χ1n) is 19.2. The summed E-state index contributed by atoms with van der Waals surface area (Å²) in [6, 6.07) is 61.8. The zero-order valence-electron chi connectivity index (χ0n) is 31.4. The smallest absolute Gasteiger partial charge is 0.0991 e. The van der Waals surface area contributed by atoms with Crippen LogP contribution in [0.4, 0.5) is 0 Å². The molecule has 0 saturated carbocycles. The van der Waals surface area contributed by atoms with Crippen LogP contribution in [0.15, 0.2) is 164 Å². The lowest BCUT2D eigenvalue weighted by Gasteiger charge is -2.14. The van der Waals surface area contributed by atoms with E-state index in [1.165, 1.54) is 76.6 Å². The molecule has 0 unspecified atom stereocenters. The number of para-hydroxylation sites is 2. The van der Waals surface area contributed by atoms with E-state index in [1.807, 2.05) is 12.1 Å². The molecule has 11 aromatic rings. The maximum atomic E-state index is 9.57. The van der Waals surface area contributed by atoms with Gasteiger partial charge in [0.25, 0.3) is 0 Å². The molecule has 0 aliphatic heterocycles. The van der Waals surface area contributed by atoms with Gasteiger partial charge in [0.05, 0.1) is 44.7 Å². The predicted molar refractivity (Wildman–Crippen MR) is 234 cm³/mol. The first kappa shape index (κ1) is 32.1. The van der Waals surface area contributed by atoms with Crippen molar-refractivity contribution in [3.8, 4) is 34.3 Å². The van der Waals surface area contributed by atoms with E-state index in [-0.39, 0.29) is 0 Å². The van der Waals surface area contributed by atoms with Crippen molar-refractivity contribution in [3.63, 3.8) is 0 Å². The normalized spacial score (nSPS) is 11.8. The summed E-state index contributed by atoms with van der Waals surface area (Å²) in [6.45, 7) is 6.45. The highest BCUT2D eigenvalue weighted by Crippen LogP contribution is 2.50. The fourth-order valence-electron chi connectivity index (χ4n) is 9.00. The molecule has 0 bridgehead atoms. The molecule has 0 aliphatic rings. The summed E-state index contributed by atoms with van der Waals surface area (Å²) in [5, 5.41) is 16.8. The van der Waals surface area contributed by atoms with Crippen LogP contribution in [0.2, 0.25) is 0 Å². The number of rotatable bonds is 4. The molecule has 3 aromatic heterocycles. The van der Waals surface area contributed by atoms with Crippen molar-refractivity contribution in [1.29, 1.82) is 5.26 Å². The van der Waals surface area contributed by atoms with Gasteiger partial charge in [-0.25, -0.2) is 0 Å². The minimum atomic E-state index is 0.655. The molecule has 8 aromatic carbocycles. The van der Waals surface area contributed by atoms with Crippen molar-refractivity contribution in [2.24, 2.45) is 0 Å². The molecule has 0 N–H and O–H groups in total. The summed E-state index contributed by atoms with van der Waals surface area (Å²) in [5.74, 6) is 0. The minimum Gasteiger partial charge on any atom is -0.308 e. The second kappa shape index (κ2) is 12.1. The Balaban J connectivity index is 1.47. The van der Waals surface area contributed by atoms with Crippen LogP contribution >= 0.6 is 0 Å². The monoisotopic (exact) mass is 716 g/mol. The second-order valence-electron chi connectivity index (χ2n) is 15.1. The standard InChI is InChI=1S/C52H36N4/c1-32-12-23-38(24-13-32)54-44-10-6-4-8-41(44)48-50(54)47-42-9-5-7-11-45(42)55(39-25-14-33(2)15-26-39)51(47)49-43-30-37(36-20-18-35(31-53)19-21-36)22-29-46(43)56(52(48)49)40-27-16-34(3)17-28-40/h4-30H,1-3H3. The fraction of sp³-hybridized carbons (Fsp3) is 0.0577. The molecular weight excluding hydrogens is 681 g/mol. The molecule has 56 heavy (non-hydrogen) atoms. The lowest BCUT2D eigenvalue weighted by Crippen LogP contribution is -1.98. The van der Waals surface area contributed by atoms with Crippen molar-refractivity contribution in [1.82, 2.24) is 13.7 Å². The Kier molecular flexibility index (Phi) is 6.93. The van der Waals surface area contributed by atoms with E-state index in [0.717, 1.165) is 33.7 Å². The van der Waals surface area contributed by atoms with Crippen LogP contribution in [0.5, 0.6) is 0 Å². The summed E-state index contributed by atoms with van der Waals surface area (Å²) >= 11 is 0. The molecule has 11 rings (SSSR count). The molecule has 4 nitrogen and oxygen atoms in total. The third-order valence-corrected chi connectivity index (χ3v) is 11.7. The Hall–Kier alpha value is -7.35. The first-order valence-corrected chi connectivity index (χ1v) is 19.2. The highest BCUT2D eigenvalue weighted by Gasteiger charge is 2.29. The number of hydrogen-bond acceptors (Lipinski definition) is 1. The number of aryl methyl sites for hydroxylation is 3. The van der Waals surface area contributed by atoms with Crippen LogP contribution in [-0.4, -0.2) is 13.7 Å². The molecule has 0 radical (unpaired) electrons. The van der Waals surface area contributed by atoms with Gasteiger partial charge >= 0.3 is 0 Å². The molecule has 0 aliphatic carbocycles. The van der Waals surface area contributed by atoms with Crippen molar-refractivity contribution < 1.29 is 0 Å². The van der Waals surface area contributed by atoms with Gasteiger partial charge in [-0.1, -0.05) is 108 Å². The Morgan fingerprint density at radius 2 is 0.750 bits per heavy atom. The van der Waals surface area contributed by atoms with Crippen LogP contribution in [0.25, 0.3) is 93.6 Å². The number of hydrogen-bond donors (Lipinski definition) is 0. The highest BCUT2D eigenvalue weighted by molar-refractivity contribution is 6.40. The number of benzene rings is 8. The van der Waals surface area contributed by atoms with Crippen molar-refractivity contribution in [2.75, 3.05) is 0 Å². The van der Waals surface area contributed by atoms with E-state index in [2.05, 4.69) is 192 Å². The van der Waals surface area contributed by atoms with Gasteiger partial charge in [-0.2, -0.15) is 5.26 Å². The van der Waals surface area contributed by atoms with Crippen LogP contribution in [0.3, 0.4) is 0 Å². The first-order chi connectivity index (χ1) is 27.5. The summed E-state index contributed by atoms with van der Waals surface area (Å²) in [4.78, 5) is 0. The SMILES string of the molecule is Cc1ccc(-n2c3ccccc3c3c2c2c4ccccc4n(-c4ccc(C)cc4)c2c2c4cc(-c5ccc(C#N)cc5)ccc4n(-c4ccc(C)cc4)c32)cc1. The molecular formula is C52H36N4. The molecule has 4 heteroatoms. The molecule has 0 amide bonds. The largest absolute Gasteiger partial charge is 0.308 e. The van der Waals surface area contributed by atoms with Crippen LogP contribution < -0.4 is 0 Å². The zero-order chi connectivity index (χ0) is 37.7. The van der Waals surface area contributed by atoms with E-state index in [4.69, 9.17) is 0 Å². The quantitative estimate of drug-likeness (QED) is 0.179. The number of aromatic nitrogens is 3. The van der Waals surface area contributed by atoms with E-state index in [1.54, 1.807) is 0 Å². The topological polar surface area (TPSA) is 38.6 Å². The Labute approximate surface area is 324 Å². The van der Waals surface area contributed by atoms with Gasteiger partial charge in [-0.05, 0) is 105 Å². The predicted octanol–water partition coefficient (Wildman–Crippen LogP) is 13.4. The van der Waals surface area contributed by atoms with Gasteiger partial charge in [0, 0.05) is 49.4 Å².